The van der Waals surface area contributed by atoms with Gasteiger partial charge in [0, 0.05) is 13.1 Å². The van der Waals surface area contributed by atoms with Crippen molar-refractivity contribution in [3.63, 3.8) is 0 Å². The van der Waals surface area contributed by atoms with Crippen LogP contribution in [0.4, 0.5) is 9.18 Å². The predicted molar refractivity (Wildman–Crippen MR) is 54.3 cm³/mol. The molecule has 3 N–H and O–H groups in total. The normalized spacial score (nSPS) is 9.67. The van der Waals surface area contributed by atoms with Crippen LogP contribution in [0.15, 0.2) is 24.3 Å². The Kier molecular flexibility index (Phi) is 4.40. The Morgan fingerprint density at radius 3 is 2.53 bits per heavy atom. The average molecular weight is 212 g/mol. The summed E-state index contributed by atoms with van der Waals surface area (Å²) in [6, 6.07) is 6.07. The fraction of sp³-hybridized carbons (Fsp3) is 0.300. The number of rotatable bonds is 4. The van der Waals surface area contributed by atoms with Gasteiger partial charge in [-0.05, 0) is 17.7 Å². The Bertz CT molecular complexity index is 314. The Morgan fingerprint density at radius 2 is 1.93 bits per heavy atom. The van der Waals surface area contributed by atoms with Crippen LogP contribution >= 0.6 is 0 Å². The van der Waals surface area contributed by atoms with Crippen LogP contribution in [0, 0.1) is 0 Å². The summed E-state index contributed by atoms with van der Waals surface area (Å²) in [5.41, 5.74) is 0.864. The molecule has 0 aliphatic rings. The van der Waals surface area contributed by atoms with Crippen LogP contribution < -0.4 is 10.6 Å². The van der Waals surface area contributed by atoms with E-state index in [0.29, 0.717) is 6.54 Å². The lowest BCUT2D eigenvalue weighted by molar-refractivity contribution is 0.239. The number of amides is 2. The molecule has 82 valence electrons. The fourth-order valence-electron chi connectivity index (χ4n) is 1.02. The van der Waals surface area contributed by atoms with E-state index >= 15 is 0 Å². The number of aromatic hydroxyl groups is 1. The molecule has 5 heteroatoms. The van der Waals surface area contributed by atoms with Crippen molar-refractivity contribution >= 4 is 6.03 Å². The van der Waals surface area contributed by atoms with Gasteiger partial charge in [0.15, 0.2) is 0 Å². The molecule has 0 bridgehead atoms. The smallest absolute Gasteiger partial charge is 0.315 e. The molecule has 1 aromatic carbocycles. The van der Waals surface area contributed by atoms with Gasteiger partial charge in [0.1, 0.15) is 12.4 Å². The molecule has 0 radical (unpaired) electrons. The van der Waals surface area contributed by atoms with E-state index < -0.39 is 12.7 Å². The maximum Gasteiger partial charge on any atom is 0.315 e. The standard InChI is InChI=1S/C10H13FN2O2/c11-5-6-12-10(15)13-7-8-1-3-9(14)4-2-8/h1-4,14H,5-7H2,(H2,12,13,15). The number of hydrogen-bond donors (Lipinski definition) is 3. The van der Waals surface area contributed by atoms with Gasteiger partial charge < -0.3 is 15.7 Å². The van der Waals surface area contributed by atoms with Gasteiger partial charge in [-0.2, -0.15) is 0 Å². The van der Waals surface area contributed by atoms with E-state index in [4.69, 9.17) is 5.11 Å². The predicted octanol–water partition coefficient (Wildman–Crippen LogP) is 1.16. The first kappa shape index (κ1) is 11.3. The molecule has 0 spiro atoms. The minimum absolute atomic E-state index is 0.0153. The first-order valence-electron chi connectivity index (χ1n) is 4.58. The molecule has 1 aromatic rings. The number of halogens is 1. The van der Waals surface area contributed by atoms with Crippen molar-refractivity contribution in [1.82, 2.24) is 10.6 Å². The van der Waals surface area contributed by atoms with Crippen LogP contribution in [0.3, 0.4) is 0 Å². The number of benzene rings is 1. The van der Waals surface area contributed by atoms with Crippen molar-refractivity contribution in [1.29, 1.82) is 0 Å². The highest BCUT2D eigenvalue weighted by Gasteiger charge is 1.99. The lowest BCUT2D eigenvalue weighted by Gasteiger charge is -2.05. The summed E-state index contributed by atoms with van der Waals surface area (Å²) in [5, 5.41) is 13.9. The largest absolute Gasteiger partial charge is 0.508 e. The number of phenols is 1. The van der Waals surface area contributed by atoms with Gasteiger partial charge >= 0.3 is 6.03 Å². The molecule has 1 rings (SSSR count). The highest BCUT2D eigenvalue weighted by atomic mass is 19.1. The van der Waals surface area contributed by atoms with Crippen molar-refractivity contribution in [3.05, 3.63) is 29.8 Å². The van der Waals surface area contributed by atoms with Crippen molar-refractivity contribution < 1.29 is 14.3 Å². The van der Waals surface area contributed by atoms with Gasteiger partial charge in [-0.15, -0.1) is 0 Å². The third kappa shape index (κ3) is 4.30. The first-order valence-corrected chi connectivity index (χ1v) is 4.58. The van der Waals surface area contributed by atoms with E-state index in [2.05, 4.69) is 10.6 Å². The molecule has 0 saturated heterocycles. The van der Waals surface area contributed by atoms with Gasteiger partial charge in [-0.3, -0.25) is 0 Å². The Balaban J connectivity index is 2.30. The molecule has 15 heavy (non-hydrogen) atoms. The molecule has 0 aliphatic carbocycles. The SMILES string of the molecule is O=C(NCCF)NCc1ccc(O)cc1. The summed E-state index contributed by atoms with van der Waals surface area (Å²) < 4.78 is 11.7. The molecular weight excluding hydrogens is 199 g/mol. The maximum absolute atomic E-state index is 11.7. The van der Waals surface area contributed by atoms with E-state index in [1.54, 1.807) is 12.1 Å². The maximum atomic E-state index is 11.7. The molecule has 0 heterocycles. The van der Waals surface area contributed by atoms with Gasteiger partial charge in [-0.1, -0.05) is 12.1 Å². The van der Waals surface area contributed by atoms with E-state index in [1.165, 1.54) is 12.1 Å². The summed E-state index contributed by atoms with van der Waals surface area (Å²) in [4.78, 5) is 11.0. The van der Waals surface area contributed by atoms with Crippen LogP contribution in [-0.2, 0) is 6.54 Å². The van der Waals surface area contributed by atoms with Crippen molar-refractivity contribution in [3.8, 4) is 5.75 Å². The third-order valence-electron chi connectivity index (χ3n) is 1.77. The molecule has 0 unspecified atom stereocenters. The van der Waals surface area contributed by atoms with Crippen LogP contribution in [-0.4, -0.2) is 24.4 Å². The summed E-state index contributed by atoms with van der Waals surface area (Å²) in [6.07, 6.45) is 0. The van der Waals surface area contributed by atoms with Gasteiger partial charge in [0.05, 0.1) is 0 Å². The number of carbonyl (C=O) groups is 1. The zero-order chi connectivity index (χ0) is 11.1. The second kappa shape index (κ2) is 5.85. The van der Waals surface area contributed by atoms with E-state index in [1.807, 2.05) is 0 Å². The number of hydrogen-bond acceptors (Lipinski definition) is 2. The van der Waals surface area contributed by atoms with E-state index in [0.717, 1.165) is 5.56 Å². The van der Waals surface area contributed by atoms with Crippen molar-refractivity contribution in [2.45, 2.75) is 6.54 Å². The lowest BCUT2D eigenvalue weighted by atomic mass is 10.2. The summed E-state index contributed by atoms with van der Waals surface area (Å²) in [5.74, 6) is 0.181. The van der Waals surface area contributed by atoms with Crippen LogP contribution in [0.5, 0.6) is 5.75 Å². The van der Waals surface area contributed by atoms with Gasteiger partial charge in [0.25, 0.3) is 0 Å². The molecule has 0 saturated carbocycles. The quantitative estimate of drug-likeness (QED) is 0.701. The molecule has 2 amide bonds. The summed E-state index contributed by atoms with van der Waals surface area (Å²) in [7, 11) is 0. The molecule has 4 nitrogen and oxygen atoms in total. The van der Waals surface area contributed by atoms with Crippen LogP contribution in [0.2, 0.25) is 0 Å². The van der Waals surface area contributed by atoms with E-state index in [-0.39, 0.29) is 12.3 Å². The second-order valence-corrected chi connectivity index (χ2v) is 2.96. The lowest BCUT2D eigenvalue weighted by Crippen LogP contribution is -2.36. The molecular formula is C10H13FN2O2. The number of alkyl halides is 1. The molecule has 0 atom stereocenters. The number of carbonyl (C=O) groups excluding carboxylic acids is 1. The molecule has 0 aliphatic heterocycles. The Morgan fingerprint density at radius 1 is 1.27 bits per heavy atom. The van der Waals surface area contributed by atoms with E-state index in [9.17, 15) is 9.18 Å². The fourth-order valence-corrected chi connectivity index (χ4v) is 1.02. The summed E-state index contributed by atoms with van der Waals surface area (Å²) >= 11 is 0. The van der Waals surface area contributed by atoms with Gasteiger partial charge in [-0.25, -0.2) is 9.18 Å². The average Bonchev–Trinajstić information content (AvgIpc) is 2.25. The number of phenolic OH excluding ortho intramolecular Hbond substituents is 1. The van der Waals surface area contributed by atoms with Crippen LogP contribution in [0.25, 0.3) is 0 Å². The second-order valence-electron chi connectivity index (χ2n) is 2.96. The number of urea groups is 1. The topological polar surface area (TPSA) is 61.4 Å². The molecule has 0 fully saturated rings. The van der Waals surface area contributed by atoms with Crippen molar-refractivity contribution in [2.24, 2.45) is 0 Å². The van der Waals surface area contributed by atoms with Crippen molar-refractivity contribution in [2.75, 3.05) is 13.2 Å². The van der Waals surface area contributed by atoms with Gasteiger partial charge in [0.2, 0.25) is 0 Å². The Hall–Kier alpha value is -1.78. The zero-order valence-electron chi connectivity index (χ0n) is 8.16. The Labute approximate surface area is 87.1 Å². The minimum atomic E-state index is -0.577. The monoisotopic (exact) mass is 212 g/mol. The zero-order valence-corrected chi connectivity index (χ0v) is 8.16. The first-order chi connectivity index (χ1) is 7.22. The third-order valence-corrected chi connectivity index (χ3v) is 1.77. The highest BCUT2D eigenvalue weighted by molar-refractivity contribution is 5.73. The summed E-state index contributed by atoms with van der Waals surface area (Å²) in [6.45, 7) is -0.216. The minimum Gasteiger partial charge on any atom is -0.508 e. The molecule has 0 aromatic heterocycles. The number of nitrogens with one attached hydrogen (secondary N) is 2. The highest BCUT2D eigenvalue weighted by Crippen LogP contribution is 2.08. The van der Waals surface area contributed by atoms with Crippen LogP contribution in [0.1, 0.15) is 5.56 Å².